The number of nitrogens with zero attached hydrogens (tertiary/aromatic N) is 1. The van der Waals surface area contributed by atoms with Crippen molar-refractivity contribution >= 4 is 42.3 Å². The Labute approximate surface area is 179 Å². The zero-order chi connectivity index (χ0) is 23.4. The fraction of sp³-hybridized carbons (Fsp3) is 0.688. The average molecular weight is 450 g/mol. The maximum Gasteiger partial charge on any atom is 0.326 e. The molecule has 0 saturated heterocycles. The standard InChI is InChI=1S/C16H31N7O6S/c1-7(17)12(25)22-10(6-30)13(26)23-11(8(2)24)14(27)21-9(15(28)29)4-3-5-20-16(18)19/h7-11,24,30H,3-6,17H2,1-2H3,(H,21,27)(H,22,25)(H,23,26)(H,28,29)(H4,18,19,20). The van der Waals surface area contributed by atoms with Gasteiger partial charge in [0.15, 0.2) is 5.96 Å². The number of nitrogens with two attached hydrogens (primary N) is 3. The minimum absolute atomic E-state index is 0.0159. The van der Waals surface area contributed by atoms with E-state index < -0.39 is 54.0 Å². The van der Waals surface area contributed by atoms with Crippen LogP contribution in [0.2, 0.25) is 0 Å². The van der Waals surface area contributed by atoms with Crippen molar-refractivity contribution in [1.29, 1.82) is 0 Å². The summed E-state index contributed by atoms with van der Waals surface area (Å²) in [5.41, 5.74) is 15.8. The first kappa shape index (κ1) is 27.4. The predicted molar refractivity (Wildman–Crippen MR) is 113 cm³/mol. The molecule has 0 aromatic carbocycles. The molecule has 0 aromatic heterocycles. The third-order valence-electron chi connectivity index (χ3n) is 3.85. The van der Waals surface area contributed by atoms with E-state index in [-0.39, 0.29) is 31.1 Å². The number of hydrogen-bond acceptors (Lipinski definition) is 8. The zero-order valence-corrected chi connectivity index (χ0v) is 17.8. The van der Waals surface area contributed by atoms with Crippen LogP contribution in [-0.4, -0.2) is 82.4 Å². The number of carboxylic acids is 1. The van der Waals surface area contributed by atoms with Crippen molar-refractivity contribution in [3.8, 4) is 0 Å². The Balaban J connectivity index is 5.09. The molecule has 0 rings (SSSR count). The van der Waals surface area contributed by atoms with Gasteiger partial charge in [0.2, 0.25) is 17.7 Å². The van der Waals surface area contributed by atoms with Gasteiger partial charge in [0.25, 0.3) is 0 Å². The molecule has 11 N–H and O–H groups in total. The van der Waals surface area contributed by atoms with Crippen molar-refractivity contribution in [1.82, 2.24) is 16.0 Å². The van der Waals surface area contributed by atoms with Crippen molar-refractivity contribution in [2.24, 2.45) is 22.2 Å². The second-order valence-electron chi connectivity index (χ2n) is 6.61. The van der Waals surface area contributed by atoms with E-state index in [4.69, 9.17) is 17.2 Å². The maximum atomic E-state index is 12.5. The van der Waals surface area contributed by atoms with Gasteiger partial charge in [-0.1, -0.05) is 0 Å². The van der Waals surface area contributed by atoms with Crippen LogP contribution >= 0.6 is 12.6 Å². The van der Waals surface area contributed by atoms with Crippen LogP contribution in [0.3, 0.4) is 0 Å². The maximum absolute atomic E-state index is 12.5. The van der Waals surface area contributed by atoms with Gasteiger partial charge < -0.3 is 43.4 Å². The minimum atomic E-state index is -1.47. The number of thiol groups is 1. The van der Waals surface area contributed by atoms with Gasteiger partial charge in [-0.15, -0.1) is 0 Å². The van der Waals surface area contributed by atoms with Crippen LogP contribution in [0.15, 0.2) is 4.99 Å². The molecule has 30 heavy (non-hydrogen) atoms. The molecule has 0 fully saturated rings. The van der Waals surface area contributed by atoms with Crippen LogP contribution in [0.5, 0.6) is 0 Å². The summed E-state index contributed by atoms with van der Waals surface area (Å²) in [5.74, 6) is -3.85. The number of hydrogen-bond donors (Lipinski definition) is 9. The zero-order valence-electron chi connectivity index (χ0n) is 16.9. The van der Waals surface area contributed by atoms with Gasteiger partial charge in [-0.3, -0.25) is 19.4 Å². The molecule has 0 saturated carbocycles. The van der Waals surface area contributed by atoms with Crippen molar-refractivity contribution in [2.75, 3.05) is 12.3 Å². The summed E-state index contributed by atoms with van der Waals surface area (Å²) in [6.45, 7) is 2.84. The lowest BCUT2D eigenvalue weighted by Gasteiger charge is -2.25. The van der Waals surface area contributed by atoms with E-state index in [1.165, 1.54) is 13.8 Å². The number of rotatable bonds is 13. The molecule has 3 amide bonds. The van der Waals surface area contributed by atoms with Gasteiger partial charge in [-0.2, -0.15) is 12.6 Å². The largest absolute Gasteiger partial charge is 0.480 e. The Morgan fingerprint density at radius 1 is 1.00 bits per heavy atom. The third kappa shape index (κ3) is 10.3. The molecule has 172 valence electrons. The molecular formula is C16H31N7O6S. The van der Waals surface area contributed by atoms with E-state index in [1.54, 1.807) is 0 Å². The summed E-state index contributed by atoms with van der Waals surface area (Å²) >= 11 is 3.98. The highest BCUT2D eigenvalue weighted by Gasteiger charge is 2.31. The van der Waals surface area contributed by atoms with Crippen molar-refractivity contribution in [3.63, 3.8) is 0 Å². The molecule has 0 aliphatic carbocycles. The van der Waals surface area contributed by atoms with Crippen LogP contribution in [0.4, 0.5) is 0 Å². The number of aliphatic imine (C=N–C) groups is 1. The number of nitrogens with one attached hydrogen (secondary N) is 3. The quantitative estimate of drug-likeness (QED) is 0.0580. The van der Waals surface area contributed by atoms with Crippen molar-refractivity contribution < 1.29 is 29.4 Å². The number of aliphatic hydroxyl groups excluding tert-OH is 1. The molecule has 0 radical (unpaired) electrons. The second kappa shape index (κ2) is 13.6. The topological polar surface area (TPSA) is 235 Å². The van der Waals surface area contributed by atoms with E-state index in [2.05, 4.69) is 33.6 Å². The average Bonchev–Trinajstić information content (AvgIpc) is 2.64. The smallest absolute Gasteiger partial charge is 0.326 e. The summed E-state index contributed by atoms with van der Waals surface area (Å²) in [5, 5.41) is 26.1. The third-order valence-corrected chi connectivity index (χ3v) is 4.22. The van der Waals surface area contributed by atoms with Gasteiger partial charge in [0, 0.05) is 12.3 Å². The first-order valence-electron chi connectivity index (χ1n) is 9.14. The molecule has 0 aliphatic rings. The van der Waals surface area contributed by atoms with E-state index >= 15 is 0 Å². The summed E-state index contributed by atoms with van der Waals surface area (Å²) in [6, 6.07) is -4.74. The number of aliphatic carboxylic acids is 1. The van der Waals surface area contributed by atoms with Crippen LogP contribution in [-0.2, 0) is 19.2 Å². The van der Waals surface area contributed by atoms with Gasteiger partial charge in [-0.25, -0.2) is 4.79 Å². The molecule has 0 bridgehead atoms. The molecule has 13 nitrogen and oxygen atoms in total. The van der Waals surface area contributed by atoms with Crippen LogP contribution < -0.4 is 33.2 Å². The van der Waals surface area contributed by atoms with Crippen LogP contribution in [0.25, 0.3) is 0 Å². The van der Waals surface area contributed by atoms with E-state index in [1.807, 2.05) is 0 Å². The van der Waals surface area contributed by atoms with E-state index in [0.29, 0.717) is 0 Å². The summed E-state index contributed by atoms with van der Waals surface area (Å²) < 4.78 is 0. The SMILES string of the molecule is CC(N)C(=O)NC(CS)C(=O)NC(C(=O)NC(CCCN=C(N)N)C(=O)O)C(C)O. The lowest BCUT2D eigenvalue weighted by Crippen LogP contribution is -2.60. The number of guanidine groups is 1. The van der Waals surface area contributed by atoms with Gasteiger partial charge in [0.05, 0.1) is 12.1 Å². The Hall–Kier alpha value is -2.58. The highest BCUT2D eigenvalue weighted by atomic mass is 32.1. The first-order valence-corrected chi connectivity index (χ1v) is 9.77. The fourth-order valence-corrected chi connectivity index (χ4v) is 2.44. The second-order valence-corrected chi connectivity index (χ2v) is 6.97. The Kier molecular flexibility index (Phi) is 12.4. The number of carbonyl (C=O) groups is 4. The lowest BCUT2D eigenvalue weighted by molar-refractivity contribution is -0.143. The number of amides is 3. The monoisotopic (exact) mass is 449 g/mol. The molecular weight excluding hydrogens is 418 g/mol. The first-order chi connectivity index (χ1) is 13.9. The Morgan fingerprint density at radius 2 is 1.57 bits per heavy atom. The number of carboxylic acid groups (broad SMARTS) is 1. The Morgan fingerprint density at radius 3 is 2.00 bits per heavy atom. The highest BCUT2D eigenvalue weighted by Crippen LogP contribution is 2.02. The molecule has 14 heteroatoms. The van der Waals surface area contributed by atoms with Crippen LogP contribution in [0.1, 0.15) is 26.7 Å². The van der Waals surface area contributed by atoms with Gasteiger partial charge >= 0.3 is 5.97 Å². The summed E-state index contributed by atoms with van der Waals surface area (Å²) in [6.07, 6.45) is -1.07. The van der Waals surface area contributed by atoms with Crippen LogP contribution in [0, 0.1) is 0 Å². The van der Waals surface area contributed by atoms with Crippen molar-refractivity contribution in [2.45, 2.75) is 57.0 Å². The molecule has 0 aliphatic heterocycles. The molecule has 0 spiro atoms. The number of carbonyl (C=O) groups excluding carboxylic acids is 3. The van der Waals surface area contributed by atoms with Crippen molar-refractivity contribution in [3.05, 3.63) is 0 Å². The van der Waals surface area contributed by atoms with E-state index in [9.17, 15) is 29.4 Å². The predicted octanol–water partition coefficient (Wildman–Crippen LogP) is -3.76. The summed E-state index contributed by atoms with van der Waals surface area (Å²) in [4.78, 5) is 51.7. The molecule has 0 heterocycles. The van der Waals surface area contributed by atoms with E-state index in [0.717, 1.165) is 0 Å². The van der Waals surface area contributed by atoms with Gasteiger partial charge in [0.1, 0.15) is 18.1 Å². The number of aliphatic hydroxyl groups is 1. The fourth-order valence-electron chi connectivity index (χ4n) is 2.18. The Bertz CT molecular complexity index is 640. The normalized spacial score (nSPS) is 15.6. The van der Waals surface area contributed by atoms with Gasteiger partial charge in [-0.05, 0) is 26.7 Å². The lowest BCUT2D eigenvalue weighted by atomic mass is 10.1. The highest BCUT2D eigenvalue weighted by molar-refractivity contribution is 7.80. The molecule has 5 atom stereocenters. The molecule has 0 aromatic rings. The minimum Gasteiger partial charge on any atom is -0.480 e. The molecule has 5 unspecified atom stereocenters. The summed E-state index contributed by atoms with van der Waals surface area (Å²) in [7, 11) is 0.